The van der Waals surface area contributed by atoms with Gasteiger partial charge in [0.15, 0.2) is 5.65 Å². The highest BCUT2D eigenvalue weighted by molar-refractivity contribution is 6.32. The number of carbonyl (C=O) groups is 1. The molecule has 7 nitrogen and oxygen atoms in total. The van der Waals surface area contributed by atoms with Crippen molar-refractivity contribution in [3.8, 4) is 5.69 Å². The van der Waals surface area contributed by atoms with Crippen molar-refractivity contribution in [2.45, 2.75) is 19.8 Å². The summed E-state index contributed by atoms with van der Waals surface area (Å²) in [5.74, 6) is 2.15. The van der Waals surface area contributed by atoms with Crippen LogP contribution in [-0.2, 0) is 4.79 Å². The Bertz CT molecular complexity index is 1050. The first-order valence-electron chi connectivity index (χ1n) is 9.63. The van der Waals surface area contributed by atoms with Gasteiger partial charge in [-0.3, -0.25) is 4.79 Å². The number of benzene rings is 1. The Morgan fingerprint density at radius 2 is 1.86 bits per heavy atom. The molecule has 1 amide bonds. The van der Waals surface area contributed by atoms with Gasteiger partial charge in [0.1, 0.15) is 11.6 Å². The smallest absolute Gasteiger partial charge is 0.225 e. The van der Waals surface area contributed by atoms with Crippen molar-refractivity contribution in [1.82, 2.24) is 24.6 Å². The number of carbonyl (C=O) groups excluding carboxylic acids is 1. The highest BCUT2D eigenvalue weighted by Crippen LogP contribution is 2.32. The summed E-state index contributed by atoms with van der Waals surface area (Å²) in [4.78, 5) is 25.9. The van der Waals surface area contributed by atoms with Gasteiger partial charge in [-0.1, -0.05) is 23.7 Å². The molecule has 0 bridgehead atoms. The second-order valence-electron chi connectivity index (χ2n) is 7.43. The molecule has 144 valence electrons. The molecule has 0 atom stereocenters. The van der Waals surface area contributed by atoms with Gasteiger partial charge in [0.2, 0.25) is 5.91 Å². The molecule has 2 fully saturated rings. The van der Waals surface area contributed by atoms with Crippen LogP contribution in [0.3, 0.4) is 0 Å². The number of hydrogen-bond donors (Lipinski definition) is 0. The molecule has 3 heterocycles. The van der Waals surface area contributed by atoms with Crippen LogP contribution in [0.15, 0.2) is 30.5 Å². The lowest BCUT2D eigenvalue weighted by atomic mass is 10.2. The number of fused-ring (bicyclic) bond motifs is 1. The van der Waals surface area contributed by atoms with E-state index in [0.29, 0.717) is 16.8 Å². The second-order valence-corrected chi connectivity index (χ2v) is 7.83. The van der Waals surface area contributed by atoms with E-state index in [4.69, 9.17) is 16.6 Å². The zero-order valence-corrected chi connectivity index (χ0v) is 16.4. The summed E-state index contributed by atoms with van der Waals surface area (Å²) in [6.45, 7) is 4.89. The molecular formula is C20H21ClN6O. The average molecular weight is 397 g/mol. The maximum Gasteiger partial charge on any atom is 0.225 e. The van der Waals surface area contributed by atoms with Crippen LogP contribution < -0.4 is 4.90 Å². The molecule has 5 rings (SSSR count). The van der Waals surface area contributed by atoms with E-state index in [1.807, 2.05) is 36.1 Å². The summed E-state index contributed by atoms with van der Waals surface area (Å²) in [6.07, 6.45) is 3.90. The summed E-state index contributed by atoms with van der Waals surface area (Å²) in [5, 5.41) is 6.05. The number of rotatable bonds is 3. The minimum Gasteiger partial charge on any atom is -0.352 e. The summed E-state index contributed by atoms with van der Waals surface area (Å²) >= 11 is 6.37. The van der Waals surface area contributed by atoms with Gasteiger partial charge in [-0.25, -0.2) is 14.6 Å². The highest BCUT2D eigenvalue weighted by atomic mass is 35.5. The fourth-order valence-electron chi connectivity index (χ4n) is 3.77. The molecule has 2 aromatic heterocycles. The van der Waals surface area contributed by atoms with E-state index < -0.39 is 0 Å². The zero-order valence-electron chi connectivity index (χ0n) is 15.7. The van der Waals surface area contributed by atoms with Crippen LogP contribution in [0.25, 0.3) is 16.7 Å². The van der Waals surface area contributed by atoms with Crippen LogP contribution in [-0.4, -0.2) is 56.7 Å². The SMILES string of the molecule is Cc1nc(N2CCN(C(=O)C3CC3)CC2)c2cnn(-c3ccccc3Cl)c2n1. The molecule has 1 saturated heterocycles. The third kappa shape index (κ3) is 2.99. The molecule has 2 aliphatic rings. The number of hydrogen-bond acceptors (Lipinski definition) is 5. The van der Waals surface area contributed by atoms with Crippen LogP contribution in [0, 0.1) is 12.8 Å². The number of aryl methyl sites for hydroxylation is 1. The van der Waals surface area contributed by atoms with Gasteiger partial charge in [0, 0.05) is 32.1 Å². The fourth-order valence-corrected chi connectivity index (χ4v) is 3.98. The molecule has 3 aromatic rings. The molecule has 0 radical (unpaired) electrons. The topological polar surface area (TPSA) is 67.2 Å². The third-order valence-corrected chi connectivity index (χ3v) is 5.74. The Labute approximate surface area is 167 Å². The lowest BCUT2D eigenvalue weighted by Gasteiger charge is -2.35. The highest BCUT2D eigenvalue weighted by Gasteiger charge is 2.35. The second kappa shape index (κ2) is 6.74. The van der Waals surface area contributed by atoms with E-state index in [1.165, 1.54) is 0 Å². The quantitative estimate of drug-likeness (QED) is 0.681. The number of nitrogens with zero attached hydrogens (tertiary/aromatic N) is 6. The number of aromatic nitrogens is 4. The third-order valence-electron chi connectivity index (χ3n) is 5.42. The monoisotopic (exact) mass is 396 g/mol. The van der Waals surface area contributed by atoms with E-state index in [-0.39, 0.29) is 5.92 Å². The van der Waals surface area contributed by atoms with E-state index in [2.05, 4.69) is 15.0 Å². The van der Waals surface area contributed by atoms with E-state index >= 15 is 0 Å². The van der Waals surface area contributed by atoms with Gasteiger partial charge >= 0.3 is 0 Å². The lowest BCUT2D eigenvalue weighted by molar-refractivity contribution is -0.132. The zero-order chi connectivity index (χ0) is 19.3. The minimum absolute atomic E-state index is 0.272. The van der Waals surface area contributed by atoms with Gasteiger partial charge in [-0.2, -0.15) is 5.10 Å². The van der Waals surface area contributed by atoms with Crippen molar-refractivity contribution in [3.05, 3.63) is 41.3 Å². The predicted octanol–water partition coefficient (Wildman–Crippen LogP) is 2.84. The Balaban J connectivity index is 1.47. The van der Waals surface area contributed by atoms with Crippen molar-refractivity contribution in [3.63, 3.8) is 0 Å². The molecular weight excluding hydrogens is 376 g/mol. The first-order chi connectivity index (χ1) is 13.6. The normalized spacial score (nSPS) is 17.4. The summed E-state index contributed by atoms with van der Waals surface area (Å²) in [7, 11) is 0. The largest absolute Gasteiger partial charge is 0.352 e. The Morgan fingerprint density at radius 1 is 1.11 bits per heavy atom. The van der Waals surface area contributed by atoms with Crippen LogP contribution in [0.5, 0.6) is 0 Å². The van der Waals surface area contributed by atoms with Crippen molar-refractivity contribution in [2.24, 2.45) is 5.92 Å². The molecule has 1 aromatic carbocycles. The van der Waals surface area contributed by atoms with Crippen LogP contribution >= 0.6 is 11.6 Å². The maximum atomic E-state index is 12.3. The molecule has 0 spiro atoms. The van der Waals surface area contributed by atoms with E-state index in [0.717, 1.165) is 61.6 Å². The molecule has 0 N–H and O–H groups in total. The van der Waals surface area contributed by atoms with E-state index in [1.54, 1.807) is 10.9 Å². The standard InChI is InChI=1S/C20H21ClN6O/c1-13-23-18(25-8-10-26(11-9-25)20(28)14-6-7-14)15-12-22-27(19(15)24-13)17-5-3-2-4-16(17)21/h2-5,12,14H,6-11H2,1H3. The lowest BCUT2D eigenvalue weighted by Crippen LogP contribution is -2.49. The van der Waals surface area contributed by atoms with Gasteiger partial charge < -0.3 is 9.80 Å². The number of amides is 1. The number of piperazine rings is 1. The molecule has 1 aliphatic heterocycles. The first kappa shape index (κ1) is 17.4. The van der Waals surface area contributed by atoms with Crippen LogP contribution in [0.2, 0.25) is 5.02 Å². The minimum atomic E-state index is 0.272. The maximum absolute atomic E-state index is 12.3. The van der Waals surface area contributed by atoms with Crippen molar-refractivity contribution < 1.29 is 4.79 Å². The van der Waals surface area contributed by atoms with Gasteiger partial charge in [-0.15, -0.1) is 0 Å². The summed E-state index contributed by atoms with van der Waals surface area (Å²) in [5.41, 5.74) is 1.54. The molecule has 0 unspecified atom stereocenters. The molecule has 28 heavy (non-hydrogen) atoms. The Morgan fingerprint density at radius 3 is 2.57 bits per heavy atom. The van der Waals surface area contributed by atoms with Gasteiger partial charge in [-0.05, 0) is 31.9 Å². The molecule has 1 aliphatic carbocycles. The molecule has 8 heteroatoms. The number of halogens is 1. The van der Waals surface area contributed by atoms with Crippen LogP contribution in [0.1, 0.15) is 18.7 Å². The fraction of sp³-hybridized carbons (Fsp3) is 0.400. The van der Waals surface area contributed by atoms with Crippen molar-refractivity contribution in [2.75, 3.05) is 31.1 Å². The summed E-state index contributed by atoms with van der Waals surface area (Å²) in [6, 6.07) is 7.59. The van der Waals surface area contributed by atoms with Crippen molar-refractivity contribution in [1.29, 1.82) is 0 Å². The van der Waals surface area contributed by atoms with Gasteiger partial charge in [0.05, 0.1) is 22.3 Å². The number of para-hydroxylation sites is 1. The molecule has 1 saturated carbocycles. The average Bonchev–Trinajstić information content (AvgIpc) is 3.48. The Kier molecular flexibility index (Phi) is 4.19. The van der Waals surface area contributed by atoms with Crippen molar-refractivity contribution >= 4 is 34.4 Å². The predicted molar refractivity (Wildman–Crippen MR) is 108 cm³/mol. The number of anilines is 1. The first-order valence-corrected chi connectivity index (χ1v) is 10.0. The van der Waals surface area contributed by atoms with Crippen LogP contribution in [0.4, 0.5) is 5.82 Å². The van der Waals surface area contributed by atoms with E-state index in [9.17, 15) is 4.79 Å². The Hall–Kier alpha value is -2.67. The van der Waals surface area contributed by atoms with Gasteiger partial charge in [0.25, 0.3) is 0 Å². The summed E-state index contributed by atoms with van der Waals surface area (Å²) < 4.78 is 1.77.